The second-order valence-electron chi connectivity index (χ2n) is 5.94. The third-order valence-electron chi connectivity index (χ3n) is 2.69. The average molecular weight is 243 g/mol. The maximum atomic E-state index is 11.5. The summed E-state index contributed by atoms with van der Waals surface area (Å²) < 4.78 is 5.24. The summed E-state index contributed by atoms with van der Waals surface area (Å²) in [6.45, 7) is 13.0. The SMILES string of the molecule is CCC(C)CC(C)NCCC(=O)OC(C)(C)C. The van der Waals surface area contributed by atoms with Crippen molar-refractivity contribution in [3.05, 3.63) is 0 Å². The standard InChI is InChI=1S/C14H29NO2/c1-7-11(2)10-12(3)15-9-8-13(16)17-14(4,5)6/h11-12,15H,7-10H2,1-6H3. The fourth-order valence-corrected chi connectivity index (χ4v) is 1.67. The molecule has 0 radical (unpaired) electrons. The molecule has 2 unspecified atom stereocenters. The molecule has 0 aliphatic heterocycles. The number of rotatable bonds is 7. The van der Waals surface area contributed by atoms with E-state index in [4.69, 9.17) is 4.74 Å². The minimum absolute atomic E-state index is 0.124. The van der Waals surface area contributed by atoms with Gasteiger partial charge < -0.3 is 10.1 Å². The van der Waals surface area contributed by atoms with Crippen LogP contribution in [0, 0.1) is 5.92 Å². The Bertz CT molecular complexity index is 221. The third-order valence-corrected chi connectivity index (χ3v) is 2.69. The van der Waals surface area contributed by atoms with Gasteiger partial charge in [-0.1, -0.05) is 20.3 Å². The van der Waals surface area contributed by atoms with Gasteiger partial charge in [0.1, 0.15) is 5.60 Å². The minimum atomic E-state index is -0.376. The summed E-state index contributed by atoms with van der Waals surface area (Å²) in [4.78, 5) is 11.5. The summed E-state index contributed by atoms with van der Waals surface area (Å²) >= 11 is 0. The predicted molar refractivity (Wildman–Crippen MR) is 72.0 cm³/mol. The Morgan fingerprint density at radius 1 is 1.29 bits per heavy atom. The molecule has 0 heterocycles. The van der Waals surface area contributed by atoms with Gasteiger partial charge in [-0.2, -0.15) is 0 Å². The van der Waals surface area contributed by atoms with Gasteiger partial charge in [0, 0.05) is 12.6 Å². The lowest BCUT2D eigenvalue weighted by atomic mass is 10.0. The van der Waals surface area contributed by atoms with Gasteiger partial charge in [0.15, 0.2) is 0 Å². The highest BCUT2D eigenvalue weighted by atomic mass is 16.6. The van der Waals surface area contributed by atoms with Crippen molar-refractivity contribution < 1.29 is 9.53 Å². The third kappa shape index (κ3) is 10.3. The van der Waals surface area contributed by atoms with Crippen molar-refractivity contribution in [3.8, 4) is 0 Å². The number of hydrogen-bond donors (Lipinski definition) is 1. The Morgan fingerprint density at radius 3 is 2.35 bits per heavy atom. The largest absolute Gasteiger partial charge is 0.460 e. The molecule has 2 atom stereocenters. The van der Waals surface area contributed by atoms with Crippen LogP contribution >= 0.6 is 0 Å². The zero-order valence-corrected chi connectivity index (χ0v) is 12.3. The Hall–Kier alpha value is -0.570. The minimum Gasteiger partial charge on any atom is -0.460 e. The molecule has 0 saturated carbocycles. The second-order valence-corrected chi connectivity index (χ2v) is 5.94. The van der Waals surface area contributed by atoms with Crippen LogP contribution in [0.2, 0.25) is 0 Å². The molecular weight excluding hydrogens is 214 g/mol. The van der Waals surface area contributed by atoms with Crippen molar-refractivity contribution in [2.24, 2.45) is 5.92 Å². The zero-order chi connectivity index (χ0) is 13.5. The van der Waals surface area contributed by atoms with Crippen molar-refractivity contribution in [1.29, 1.82) is 0 Å². The molecular formula is C14H29NO2. The smallest absolute Gasteiger partial charge is 0.307 e. The van der Waals surface area contributed by atoms with Gasteiger partial charge >= 0.3 is 5.97 Å². The molecule has 0 aromatic carbocycles. The summed E-state index contributed by atoms with van der Waals surface area (Å²) in [5, 5.41) is 3.36. The van der Waals surface area contributed by atoms with Crippen LogP contribution in [-0.2, 0) is 9.53 Å². The van der Waals surface area contributed by atoms with Crippen LogP contribution in [0.3, 0.4) is 0 Å². The molecule has 0 rings (SSSR count). The summed E-state index contributed by atoms with van der Waals surface area (Å²) in [6.07, 6.45) is 2.81. The normalized spacial score (nSPS) is 15.4. The molecule has 0 aromatic rings. The van der Waals surface area contributed by atoms with Gasteiger partial charge in [0.05, 0.1) is 6.42 Å². The summed E-state index contributed by atoms with van der Waals surface area (Å²) in [7, 11) is 0. The van der Waals surface area contributed by atoms with E-state index in [9.17, 15) is 4.79 Å². The number of esters is 1. The number of carbonyl (C=O) groups excluding carboxylic acids is 1. The highest BCUT2D eigenvalue weighted by Gasteiger charge is 2.16. The number of carbonyl (C=O) groups is 1. The monoisotopic (exact) mass is 243 g/mol. The van der Waals surface area contributed by atoms with Crippen molar-refractivity contribution >= 4 is 5.97 Å². The lowest BCUT2D eigenvalue weighted by molar-refractivity contribution is -0.154. The Balaban J connectivity index is 3.66. The lowest BCUT2D eigenvalue weighted by Gasteiger charge is -2.20. The zero-order valence-electron chi connectivity index (χ0n) is 12.3. The van der Waals surface area contributed by atoms with E-state index in [-0.39, 0.29) is 11.6 Å². The summed E-state index contributed by atoms with van der Waals surface area (Å²) in [5.41, 5.74) is -0.376. The van der Waals surface area contributed by atoms with Crippen molar-refractivity contribution in [2.75, 3.05) is 6.54 Å². The topological polar surface area (TPSA) is 38.3 Å². The predicted octanol–water partition coefficient (Wildman–Crippen LogP) is 3.13. The van der Waals surface area contributed by atoms with Gasteiger partial charge in [0.25, 0.3) is 0 Å². The molecule has 3 nitrogen and oxygen atoms in total. The van der Waals surface area contributed by atoms with Gasteiger partial charge in [-0.3, -0.25) is 4.79 Å². The van der Waals surface area contributed by atoms with Crippen LogP contribution in [0.15, 0.2) is 0 Å². The Kier molecular flexibility index (Phi) is 7.44. The fraction of sp³-hybridized carbons (Fsp3) is 0.929. The van der Waals surface area contributed by atoms with Crippen molar-refractivity contribution in [3.63, 3.8) is 0 Å². The van der Waals surface area contributed by atoms with Gasteiger partial charge in [-0.15, -0.1) is 0 Å². The second kappa shape index (κ2) is 7.70. The number of hydrogen-bond acceptors (Lipinski definition) is 3. The van der Waals surface area contributed by atoms with Crippen LogP contribution in [0.25, 0.3) is 0 Å². The van der Waals surface area contributed by atoms with E-state index in [1.807, 2.05) is 20.8 Å². The van der Waals surface area contributed by atoms with E-state index < -0.39 is 0 Å². The Labute approximate surface area is 106 Å². The first-order chi connectivity index (χ1) is 7.74. The van der Waals surface area contributed by atoms with Crippen molar-refractivity contribution in [2.45, 2.75) is 72.4 Å². The Morgan fingerprint density at radius 2 is 1.88 bits per heavy atom. The van der Waals surface area contributed by atoms with Crippen LogP contribution in [0.5, 0.6) is 0 Å². The van der Waals surface area contributed by atoms with E-state index in [0.29, 0.717) is 19.0 Å². The van der Waals surface area contributed by atoms with Gasteiger partial charge in [0.2, 0.25) is 0 Å². The first-order valence-electron chi connectivity index (χ1n) is 6.69. The van der Waals surface area contributed by atoms with E-state index in [1.54, 1.807) is 0 Å². The van der Waals surface area contributed by atoms with Gasteiger partial charge in [-0.05, 0) is 40.0 Å². The quantitative estimate of drug-likeness (QED) is 0.698. The maximum Gasteiger partial charge on any atom is 0.307 e. The van der Waals surface area contributed by atoms with E-state index in [2.05, 4.69) is 26.1 Å². The van der Waals surface area contributed by atoms with Crippen LogP contribution in [0.1, 0.15) is 60.8 Å². The molecule has 0 aliphatic rings. The molecule has 1 N–H and O–H groups in total. The molecule has 0 aliphatic carbocycles. The van der Waals surface area contributed by atoms with Crippen LogP contribution in [0.4, 0.5) is 0 Å². The highest BCUT2D eigenvalue weighted by Crippen LogP contribution is 2.10. The molecule has 0 saturated heterocycles. The molecule has 0 aromatic heterocycles. The van der Waals surface area contributed by atoms with Crippen LogP contribution < -0.4 is 5.32 Å². The highest BCUT2D eigenvalue weighted by molar-refractivity contribution is 5.70. The summed E-state index contributed by atoms with van der Waals surface area (Å²) in [6, 6.07) is 0.465. The van der Waals surface area contributed by atoms with E-state index in [0.717, 1.165) is 12.3 Å². The molecule has 3 heteroatoms. The molecule has 0 bridgehead atoms. The molecule has 17 heavy (non-hydrogen) atoms. The summed E-state index contributed by atoms with van der Waals surface area (Å²) in [5.74, 6) is 0.611. The number of ether oxygens (including phenoxy) is 1. The fourth-order valence-electron chi connectivity index (χ4n) is 1.67. The maximum absolute atomic E-state index is 11.5. The molecule has 0 fully saturated rings. The first-order valence-corrected chi connectivity index (χ1v) is 6.69. The van der Waals surface area contributed by atoms with E-state index >= 15 is 0 Å². The van der Waals surface area contributed by atoms with Crippen LogP contribution in [-0.4, -0.2) is 24.2 Å². The first kappa shape index (κ1) is 16.4. The molecule has 0 amide bonds. The number of nitrogens with one attached hydrogen (secondary N) is 1. The molecule has 102 valence electrons. The van der Waals surface area contributed by atoms with Gasteiger partial charge in [-0.25, -0.2) is 0 Å². The van der Waals surface area contributed by atoms with E-state index in [1.165, 1.54) is 6.42 Å². The lowest BCUT2D eigenvalue weighted by Crippen LogP contribution is -2.31. The van der Waals surface area contributed by atoms with Crippen molar-refractivity contribution in [1.82, 2.24) is 5.32 Å². The molecule has 0 spiro atoms. The average Bonchev–Trinajstić information content (AvgIpc) is 2.14.